The van der Waals surface area contributed by atoms with Crippen LogP contribution in [0.2, 0.25) is 0 Å². The highest BCUT2D eigenvalue weighted by Crippen LogP contribution is 2.46. The van der Waals surface area contributed by atoms with Crippen LogP contribution in [0.5, 0.6) is 0 Å². The average Bonchev–Trinajstić information content (AvgIpc) is 1.35. The lowest BCUT2D eigenvalue weighted by atomic mass is 11.9. The van der Waals surface area contributed by atoms with Crippen molar-refractivity contribution < 1.29 is 0 Å². The number of alkyl halides is 1. The molecule has 0 heterocycles. The van der Waals surface area contributed by atoms with Crippen LogP contribution in [-0.2, 0) is 0 Å². The Balaban J connectivity index is 3.17. The summed E-state index contributed by atoms with van der Waals surface area (Å²) in [6.07, 6.45) is 4.09. The van der Waals surface area contributed by atoms with E-state index in [1.807, 2.05) is 12.5 Å². The first-order valence-corrected chi connectivity index (χ1v) is 6.09. The Labute approximate surface area is 53.2 Å². The Morgan fingerprint density at radius 2 is 1.83 bits per heavy atom. The minimum absolute atomic E-state index is 0.773. The number of rotatable bonds is 1. The zero-order valence-corrected chi connectivity index (χ0v) is 7.03. The van der Waals surface area contributed by atoms with Gasteiger partial charge in [0.15, 0.2) is 0 Å². The van der Waals surface area contributed by atoms with Gasteiger partial charge in [0.2, 0.25) is 0 Å². The van der Waals surface area contributed by atoms with Crippen LogP contribution in [-0.4, -0.2) is 17.2 Å². The fourth-order valence-electron chi connectivity index (χ4n) is 0. The molecular formula is C3H8BrClS. The van der Waals surface area contributed by atoms with Crippen LogP contribution >= 0.6 is 35.9 Å². The van der Waals surface area contributed by atoms with Gasteiger partial charge in [-0.05, 0) is 12.5 Å². The fourth-order valence-corrected chi connectivity index (χ4v) is 0. The molecule has 0 aromatic heterocycles. The summed E-state index contributed by atoms with van der Waals surface area (Å²) in [7, 11) is 4.98. The van der Waals surface area contributed by atoms with Crippen LogP contribution in [0.1, 0.15) is 0 Å². The van der Waals surface area contributed by atoms with Gasteiger partial charge in [-0.15, -0.1) is 0 Å². The van der Waals surface area contributed by atoms with Crippen molar-refractivity contribution in [1.29, 1.82) is 0 Å². The Hall–Kier alpha value is 1.12. The summed E-state index contributed by atoms with van der Waals surface area (Å²) in [5.74, 6) is 0. The molecule has 0 aliphatic carbocycles. The highest BCUT2D eigenvalue weighted by Gasteiger charge is 2.00. The molecule has 0 aromatic rings. The molecule has 0 unspecified atom stereocenters. The van der Waals surface area contributed by atoms with Gasteiger partial charge in [0, 0.05) is 4.66 Å². The zero-order chi connectivity index (χ0) is 5.21. The molecular weight excluding hydrogens is 183 g/mol. The van der Waals surface area contributed by atoms with E-state index >= 15 is 0 Å². The quantitative estimate of drug-likeness (QED) is 0.559. The first-order valence-electron chi connectivity index (χ1n) is 1.53. The molecule has 0 fully saturated rings. The summed E-state index contributed by atoms with van der Waals surface area (Å²) in [5.41, 5.74) is 0. The maximum absolute atomic E-state index is 5.75. The fraction of sp³-hybridized carbons (Fsp3) is 1.00. The second-order valence-corrected chi connectivity index (χ2v) is 8.42. The third kappa shape index (κ3) is 5.12. The minimum atomic E-state index is -0.773. The highest BCUT2D eigenvalue weighted by atomic mass is 79.9. The van der Waals surface area contributed by atoms with Gasteiger partial charge < -0.3 is 0 Å². The lowest BCUT2D eigenvalue weighted by Crippen LogP contribution is -1.81. The summed E-state index contributed by atoms with van der Waals surface area (Å²) >= 11 is 3.27. The van der Waals surface area contributed by atoms with Crippen molar-refractivity contribution in [3.8, 4) is 0 Å². The molecule has 0 aliphatic heterocycles. The summed E-state index contributed by atoms with van der Waals surface area (Å²) in [5, 5.41) is 0. The zero-order valence-electron chi connectivity index (χ0n) is 3.87. The lowest BCUT2D eigenvalue weighted by molar-refractivity contribution is 2.12. The third-order valence-corrected chi connectivity index (χ3v) is 5.33. The molecule has 0 spiro atoms. The van der Waals surface area contributed by atoms with Gasteiger partial charge in [0.05, 0.1) is 0 Å². The molecule has 0 aliphatic rings. The topological polar surface area (TPSA) is 0 Å². The molecule has 0 radical (unpaired) electrons. The van der Waals surface area contributed by atoms with E-state index in [1.165, 1.54) is 0 Å². The first kappa shape index (κ1) is 7.12. The Bertz CT molecular complexity index is 40.5. The average molecular weight is 192 g/mol. The van der Waals surface area contributed by atoms with Crippen LogP contribution in [0.15, 0.2) is 0 Å². The molecule has 0 bridgehead atoms. The Kier molecular flexibility index (Phi) is 2.89. The standard InChI is InChI=1S/C3H8BrClS/c1-6(2,5)3-4/h3H2,1-2H3. The van der Waals surface area contributed by atoms with Gasteiger partial charge in [0.1, 0.15) is 0 Å². The Morgan fingerprint density at radius 1 is 1.67 bits per heavy atom. The highest BCUT2D eigenvalue weighted by molar-refractivity contribution is 9.12. The molecule has 0 nitrogen and oxygen atoms in total. The molecule has 0 amide bonds. The van der Waals surface area contributed by atoms with E-state index < -0.39 is 9.24 Å². The van der Waals surface area contributed by atoms with Crippen LogP contribution in [0.4, 0.5) is 0 Å². The molecule has 0 atom stereocenters. The van der Waals surface area contributed by atoms with Crippen molar-refractivity contribution in [1.82, 2.24) is 0 Å². The first-order chi connectivity index (χ1) is 2.56. The largest absolute Gasteiger partial charge is 0.159 e. The summed E-state index contributed by atoms with van der Waals surface area (Å²) in [6, 6.07) is 0. The monoisotopic (exact) mass is 190 g/mol. The van der Waals surface area contributed by atoms with Gasteiger partial charge in [-0.1, -0.05) is 26.6 Å². The van der Waals surface area contributed by atoms with Crippen LogP contribution in [0.3, 0.4) is 0 Å². The molecule has 6 heavy (non-hydrogen) atoms. The smallest absolute Gasteiger partial charge is 0.0451 e. The number of halogens is 2. The van der Waals surface area contributed by atoms with Gasteiger partial charge in [-0.25, -0.2) is 0 Å². The van der Waals surface area contributed by atoms with Crippen LogP contribution < -0.4 is 0 Å². The van der Waals surface area contributed by atoms with Crippen molar-refractivity contribution >= 4 is 35.9 Å². The van der Waals surface area contributed by atoms with Crippen molar-refractivity contribution in [2.24, 2.45) is 0 Å². The second kappa shape index (κ2) is 2.43. The van der Waals surface area contributed by atoms with E-state index in [4.69, 9.17) is 10.7 Å². The maximum atomic E-state index is 5.75. The van der Waals surface area contributed by atoms with Gasteiger partial charge in [-0.2, -0.15) is 9.24 Å². The van der Waals surface area contributed by atoms with Gasteiger partial charge in [0.25, 0.3) is 0 Å². The van der Waals surface area contributed by atoms with Gasteiger partial charge in [-0.3, -0.25) is 0 Å². The van der Waals surface area contributed by atoms with E-state index in [9.17, 15) is 0 Å². The summed E-state index contributed by atoms with van der Waals surface area (Å²) in [6.45, 7) is 0. The third-order valence-electron chi connectivity index (χ3n) is 0.259. The second-order valence-electron chi connectivity index (χ2n) is 1.51. The van der Waals surface area contributed by atoms with E-state index in [0.29, 0.717) is 0 Å². The molecule has 0 N–H and O–H groups in total. The van der Waals surface area contributed by atoms with Crippen molar-refractivity contribution in [3.05, 3.63) is 0 Å². The van der Waals surface area contributed by atoms with E-state index in [1.54, 1.807) is 0 Å². The van der Waals surface area contributed by atoms with Crippen molar-refractivity contribution in [3.63, 3.8) is 0 Å². The van der Waals surface area contributed by atoms with E-state index in [-0.39, 0.29) is 0 Å². The molecule has 0 saturated carbocycles. The summed E-state index contributed by atoms with van der Waals surface area (Å²) in [4.78, 5) is 0. The lowest BCUT2D eigenvalue weighted by Gasteiger charge is -2.15. The normalized spacial score (nSPS) is 14.7. The van der Waals surface area contributed by atoms with E-state index in [2.05, 4.69) is 15.9 Å². The van der Waals surface area contributed by atoms with Crippen molar-refractivity contribution in [2.75, 3.05) is 17.2 Å². The predicted molar refractivity (Wildman–Crippen MR) is 39.1 cm³/mol. The molecule has 0 rings (SSSR count). The van der Waals surface area contributed by atoms with E-state index in [0.717, 1.165) is 4.66 Å². The number of hydrogen-bond acceptors (Lipinski definition) is 0. The predicted octanol–water partition coefficient (Wildman–Crippen LogP) is 2.56. The molecule has 0 saturated heterocycles. The molecule has 3 heteroatoms. The van der Waals surface area contributed by atoms with Gasteiger partial charge >= 0.3 is 0 Å². The van der Waals surface area contributed by atoms with Crippen LogP contribution in [0, 0.1) is 0 Å². The van der Waals surface area contributed by atoms with Crippen LogP contribution in [0.25, 0.3) is 0 Å². The molecule has 0 aromatic carbocycles. The molecule has 40 valence electrons. The van der Waals surface area contributed by atoms with Crippen molar-refractivity contribution in [2.45, 2.75) is 0 Å². The Morgan fingerprint density at radius 3 is 1.83 bits per heavy atom. The summed E-state index contributed by atoms with van der Waals surface area (Å²) < 4.78 is 0.932. The SMILES string of the molecule is CS(C)(Cl)CBr. The number of hydrogen-bond donors (Lipinski definition) is 0. The maximum Gasteiger partial charge on any atom is 0.0451 e. The minimum Gasteiger partial charge on any atom is -0.159 e.